The number of nitrogen functional groups attached to an aromatic ring is 1. The molecule has 0 aliphatic carbocycles. The molecule has 2 aromatic heterocycles. The second-order valence-corrected chi connectivity index (χ2v) is 4.82. The summed E-state index contributed by atoms with van der Waals surface area (Å²) < 4.78 is 7.07. The van der Waals surface area contributed by atoms with Crippen LogP contribution in [0.1, 0.15) is 25.2 Å². The summed E-state index contributed by atoms with van der Waals surface area (Å²) in [5.41, 5.74) is 9.18. The number of anilines is 1. The predicted octanol–water partition coefficient (Wildman–Crippen LogP) is 2.77. The van der Waals surface area contributed by atoms with Crippen molar-refractivity contribution in [2.45, 2.75) is 27.2 Å². The summed E-state index contributed by atoms with van der Waals surface area (Å²) in [5, 5.41) is 4.50. The molecule has 0 radical (unpaired) electrons. The molecule has 92 valence electrons. The zero-order valence-electron chi connectivity index (χ0n) is 10.8. The van der Waals surface area contributed by atoms with Crippen LogP contribution in [0.25, 0.3) is 11.3 Å². The van der Waals surface area contributed by atoms with E-state index in [-0.39, 0.29) is 0 Å². The lowest BCUT2D eigenvalue weighted by atomic mass is 9.99. The van der Waals surface area contributed by atoms with E-state index in [1.165, 1.54) is 0 Å². The third-order valence-electron chi connectivity index (χ3n) is 2.92. The lowest BCUT2D eigenvalue weighted by Crippen LogP contribution is -2.02. The highest BCUT2D eigenvalue weighted by atomic mass is 16.3. The Morgan fingerprint density at radius 3 is 2.71 bits per heavy atom. The van der Waals surface area contributed by atoms with Crippen LogP contribution in [0.3, 0.4) is 0 Å². The van der Waals surface area contributed by atoms with Crippen molar-refractivity contribution in [3.05, 3.63) is 23.7 Å². The average Bonchev–Trinajstić information content (AvgIpc) is 2.77. The Bertz CT molecular complexity index is 523. The van der Waals surface area contributed by atoms with Gasteiger partial charge in [0.15, 0.2) is 0 Å². The van der Waals surface area contributed by atoms with E-state index >= 15 is 0 Å². The fourth-order valence-corrected chi connectivity index (χ4v) is 2.04. The van der Waals surface area contributed by atoms with Crippen LogP contribution in [0.4, 0.5) is 5.82 Å². The molecular weight excluding hydrogens is 214 g/mol. The molecule has 0 spiro atoms. The maximum atomic E-state index is 6.08. The van der Waals surface area contributed by atoms with Crippen LogP contribution >= 0.6 is 0 Å². The van der Waals surface area contributed by atoms with Crippen LogP contribution in [0, 0.1) is 12.8 Å². The van der Waals surface area contributed by atoms with Gasteiger partial charge < -0.3 is 10.2 Å². The third-order valence-corrected chi connectivity index (χ3v) is 2.92. The van der Waals surface area contributed by atoms with Crippen molar-refractivity contribution >= 4 is 5.82 Å². The van der Waals surface area contributed by atoms with Gasteiger partial charge in [0.05, 0.1) is 6.26 Å². The average molecular weight is 233 g/mol. The standard InChI is InChI=1S/C13H19N3O/c1-8(2)7-11-12(15-16(4)13(11)14)10-5-6-17-9(10)3/h5-6,8H,7,14H2,1-4H3. The molecule has 0 unspecified atom stereocenters. The summed E-state index contributed by atoms with van der Waals surface area (Å²) in [5.74, 6) is 2.18. The molecule has 0 aliphatic heterocycles. The van der Waals surface area contributed by atoms with E-state index in [2.05, 4.69) is 18.9 Å². The molecule has 2 N–H and O–H groups in total. The topological polar surface area (TPSA) is 57.0 Å². The van der Waals surface area contributed by atoms with Crippen LogP contribution in [-0.2, 0) is 13.5 Å². The van der Waals surface area contributed by atoms with Gasteiger partial charge in [0.1, 0.15) is 17.3 Å². The van der Waals surface area contributed by atoms with Crippen molar-refractivity contribution < 1.29 is 4.42 Å². The van der Waals surface area contributed by atoms with Gasteiger partial charge in [-0.3, -0.25) is 4.68 Å². The molecule has 4 nitrogen and oxygen atoms in total. The van der Waals surface area contributed by atoms with Crippen molar-refractivity contribution in [3.63, 3.8) is 0 Å². The van der Waals surface area contributed by atoms with Crippen molar-refractivity contribution in [2.24, 2.45) is 13.0 Å². The van der Waals surface area contributed by atoms with Gasteiger partial charge in [-0.15, -0.1) is 0 Å². The highest BCUT2D eigenvalue weighted by Crippen LogP contribution is 2.31. The molecule has 0 aromatic carbocycles. The van der Waals surface area contributed by atoms with Crippen molar-refractivity contribution in [2.75, 3.05) is 5.73 Å². The van der Waals surface area contributed by atoms with Crippen LogP contribution in [0.2, 0.25) is 0 Å². The van der Waals surface area contributed by atoms with E-state index in [1.54, 1.807) is 10.9 Å². The molecule has 0 atom stereocenters. The van der Waals surface area contributed by atoms with E-state index in [1.807, 2.05) is 20.0 Å². The van der Waals surface area contributed by atoms with Crippen molar-refractivity contribution in [3.8, 4) is 11.3 Å². The molecule has 0 aliphatic rings. The number of rotatable bonds is 3. The molecular formula is C13H19N3O. The minimum atomic E-state index is 0.549. The zero-order chi connectivity index (χ0) is 12.6. The summed E-state index contributed by atoms with van der Waals surface area (Å²) >= 11 is 0. The van der Waals surface area contributed by atoms with Gasteiger partial charge in [-0.05, 0) is 25.3 Å². The number of furan rings is 1. The molecule has 2 heterocycles. The molecule has 2 aromatic rings. The van der Waals surface area contributed by atoms with Gasteiger partial charge in [0, 0.05) is 18.2 Å². The third kappa shape index (κ3) is 2.07. The van der Waals surface area contributed by atoms with Crippen LogP contribution in [-0.4, -0.2) is 9.78 Å². The van der Waals surface area contributed by atoms with Gasteiger partial charge in [0.2, 0.25) is 0 Å². The van der Waals surface area contributed by atoms with E-state index in [4.69, 9.17) is 10.2 Å². The van der Waals surface area contributed by atoms with Crippen LogP contribution < -0.4 is 5.73 Å². The Balaban J connectivity index is 2.54. The molecule has 0 bridgehead atoms. The molecule has 0 fully saturated rings. The van der Waals surface area contributed by atoms with E-state index in [9.17, 15) is 0 Å². The number of nitrogens with two attached hydrogens (primary N) is 1. The fraction of sp³-hybridized carbons (Fsp3) is 0.462. The maximum Gasteiger partial charge on any atom is 0.125 e. The molecule has 2 rings (SSSR count). The quantitative estimate of drug-likeness (QED) is 0.886. The van der Waals surface area contributed by atoms with E-state index in [0.717, 1.165) is 34.8 Å². The highest BCUT2D eigenvalue weighted by Gasteiger charge is 2.18. The minimum absolute atomic E-state index is 0.549. The summed E-state index contributed by atoms with van der Waals surface area (Å²) in [4.78, 5) is 0. The summed E-state index contributed by atoms with van der Waals surface area (Å²) in [7, 11) is 1.87. The summed E-state index contributed by atoms with van der Waals surface area (Å²) in [6, 6.07) is 1.95. The Morgan fingerprint density at radius 1 is 1.47 bits per heavy atom. The summed E-state index contributed by atoms with van der Waals surface area (Å²) in [6.45, 7) is 6.30. The van der Waals surface area contributed by atoms with Gasteiger partial charge in [-0.1, -0.05) is 13.8 Å². The molecule has 0 amide bonds. The number of nitrogens with zero attached hydrogens (tertiary/aromatic N) is 2. The van der Waals surface area contributed by atoms with Crippen molar-refractivity contribution in [1.29, 1.82) is 0 Å². The Hall–Kier alpha value is -1.71. The normalized spacial score (nSPS) is 11.4. The van der Waals surface area contributed by atoms with Gasteiger partial charge >= 0.3 is 0 Å². The lowest BCUT2D eigenvalue weighted by molar-refractivity contribution is 0.535. The SMILES string of the molecule is Cc1occc1-c1nn(C)c(N)c1CC(C)C. The molecule has 0 saturated carbocycles. The smallest absolute Gasteiger partial charge is 0.125 e. The summed E-state index contributed by atoms with van der Waals surface area (Å²) in [6.07, 6.45) is 2.62. The minimum Gasteiger partial charge on any atom is -0.469 e. The van der Waals surface area contributed by atoms with Crippen LogP contribution in [0.15, 0.2) is 16.7 Å². The second kappa shape index (κ2) is 4.28. The Morgan fingerprint density at radius 2 is 2.18 bits per heavy atom. The number of hydrogen-bond acceptors (Lipinski definition) is 3. The molecule has 4 heteroatoms. The largest absolute Gasteiger partial charge is 0.469 e. The first-order valence-corrected chi connectivity index (χ1v) is 5.86. The van der Waals surface area contributed by atoms with Crippen LogP contribution in [0.5, 0.6) is 0 Å². The Kier molecular flexibility index (Phi) is 2.96. The van der Waals surface area contributed by atoms with Gasteiger partial charge in [-0.2, -0.15) is 5.10 Å². The Labute approximate surface area is 101 Å². The molecule has 0 saturated heterocycles. The highest BCUT2D eigenvalue weighted by molar-refractivity contribution is 5.69. The zero-order valence-corrected chi connectivity index (χ0v) is 10.8. The van der Waals surface area contributed by atoms with E-state index < -0.39 is 0 Å². The van der Waals surface area contributed by atoms with Gasteiger partial charge in [-0.25, -0.2) is 0 Å². The van der Waals surface area contributed by atoms with E-state index in [0.29, 0.717) is 5.92 Å². The monoisotopic (exact) mass is 233 g/mol. The number of hydrogen-bond donors (Lipinski definition) is 1. The maximum absolute atomic E-state index is 6.08. The fourth-order valence-electron chi connectivity index (χ4n) is 2.04. The van der Waals surface area contributed by atoms with Gasteiger partial charge in [0.25, 0.3) is 0 Å². The van der Waals surface area contributed by atoms with Crippen molar-refractivity contribution in [1.82, 2.24) is 9.78 Å². The second-order valence-electron chi connectivity index (χ2n) is 4.82. The lowest BCUT2D eigenvalue weighted by Gasteiger charge is -2.06. The number of aryl methyl sites for hydroxylation is 2. The number of aromatic nitrogens is 2. The first-order valence-electron chi connectivity index (χ1n) is 5.86. The molecule has 17 heavy (non-hydrogen) atoms. The first-order chi connectivity index (χ1) is 8.00. The first kappa shape index (κ1) is 11.8. The predicted molar refractivity (Wildman–Crippen MR) is 68.6 cm³/mol.